The van der Waals surface area contributed by atoms with Crippen LogP contribution in [0, 0.1) is 17.2 Å². The van der Waals surface area contributed by atoms with Gasteiger partial charge in [-0.3, -0.25) is 9.69 Å². The van der Waals surface area contributed by atoms with Crippen LogP contribution in [-0.2, 0) is 14.8 Å². The number of carbonyl (C=O) groups excluding carboxylic acids is 1. The number of piperazine rings is 1. The van der Waals surface area contributed by atoms with Crippen LogP contribution in [0.1, 0.15) is 44.6 Å². The van der Waals surface area contributed by atoms with Gasteiger partial charge in [0.15, 0.2) is 0 Å². The van der Waals surface area contributed by atoms with Gasteiger partial charge in [0.2, 0.25) is 15.9 Å². The minimum absolute atomic E-state index is 0.0403. The Balaban J connectivity index is 1.54. The van der Waals surface area contributed by atoms with Crippen LogP contribution in [0.15, 0.2) is 29.2 Å². The fraction of sp³-hybridized carbons (Fsp3) is 0.636. The maximum absolute atomic E-state index is 12.9. The largest absolute Gasteiger partial charge is 0.339 e. The third-order valence-electron chi connectivity index (χ3n) is 6.21. The van der Waals surface area contributed by atoms with Crippen molar-refractivity contribution in [2.45, 2.75) is 43.9 Å². The molecule has 7 nitrogen and oxygen atoms in total. The average molecular weight is 433 g/mol. The van der Waals surface area contributed by atoms with Crippen molar-refractivity contribution in [3.05, 3.63) is 29.8 Å². The van der Waals surface area contributed by atoms with Crippen molar-refractivity contribution >= 4 is 15.9 Å². The molecular weight excluding hydrogens is 400 g/mol. The number of benzene rings is 1. The Morgan fingerprint density at radius 3 is 2.53 bits per heavy atom. The van der Waals surface area contributed by atoms with Crippen molar-refractivity contribution in [3.63, 3.8) is 0 Å². The lowest BCUT2D eigenvalue weighted by Crippen LogP contribution is -2.52. The van der Waals surface area contributed by atoms with E-state index in [1.165, 1.54) is 35.7 Å². The minimum atomic E-state index is -3.74. The molecule has 2 aliphatic heterocycles. The fourth-order valence-electron chi connectivity index (χ4n) is 4.47. The molecule has 1 atom stereocenters. The lowest BCUT2D eigenvalue weighted by Gasteiger charge is -2.35. The van der Waals surface area contributed by atoms with E-state index >= 15 is 0 Å². The van der Waals surface area contributed by atoms with Crippen LogP contribution in [0.25, 0.3) is 0 Å². The number of hydrogen-bond donors (Lipinski definition) is 0. The summed E-state index contributed by atoms with van der Waals surface area (Å²) in [7, 11) is -3.74. The van der Waals surface area contributed by atoms with Crippen molar-refractivity contribution in [2.75, 3.05) is 45.8 Å². The molecule has 0 spiro atoms. The summed E-state index contributed by atoms with van der Waals surface area (Å²) in [6.45, 7) is 5.87. The quantitative estimate of drug-likeness (QED) is 0.689. The highest BCUT2D eigenvalue weighted by Crippen LogP contribution is 2.23. The normalized spacial score (nSPS) is 21.7. The minimum Gasteiger partial charge on any atom is -0.339 e. The summed E-state index contributed by atoms with van der Waals surface area (Å²) in [5, 5.41) is 9.23. The highest BCUT2D eigenvalue weighted by molar-refractivity contribution is 7.89. The number of nitrogens with zero attached hydrogens (tertiary/aromatic N) is 4. The van der Waals surface area contributed by atoms with Gasteiger partial charge in [0.05, 0.1) is 17.0 Å². The average Bonchev–Trinajstić information content (AvgIpc) is 2.99. The van der Waals surface area contributed by atoms with Gasteiger partial charge in [-0.25, -0.2) is 8.42 Å². The lowest BCUT2D eigenvalue weighted by molar-refractivity contribution is -0.133. The zero-order valence-electron chi connectivity index (χ0n) is 17.8. The molecule has 1 unspecified atom stereocenters. The van der Waals surface area contributed by atoms with Gasteiger partial charge in [-0.15, -0.1) is 0 Å². The van der Waals surface area contributed by atoms with E-state index < -0.39 is 10.0 Å². The van der Waals surface area contributed by atoms with Crippen molar-refractivity contribution in [1.29, 1.82) is 5.26 Å². The van der Waals surface area contributed by atoms with Crippen molar-refractivity contribution in [1.82, 2.24) is 14.1 Å². The van der Waals surface area contributed by atoms with Crippen LogP contribution in [-0.4, -0.2) is 74.2 Å². The molecule has 1 aromatic rings. The van der Waals surface area contributed by atoms with Crippen LogP contribution in [0.5, 0.6) is 0 Å². The van der Waals surface area contributed by atoms with Crippen molar-refractivity contribution in [3.8, 4) is 6.07 Å². The summed E-state index contributed by atoms with van der Waals surface area (Å²) < 4.78 is 27.3. The Morgan fingerprint density at radius 2 is 1.83 bits per heavy atom. The van der Waals surface area contributed by atoms with Gasteiger partial charge >= 0.3 is 0 Å². The summed E-state index contributed by atoms with van der Waals surface area (Å²) >= 11 is 0. The first-order valence-electron chi connectivity index (χ1n) is 10.9. The topological polar surface area (TPSA) is 84.7 Å². The van der Waals surface area contributed by atoms with Gasteiger partial charge < -0.3 is 4.90 Å². The zero-order chi connectivity index (χ0) is 21.6. The van der Waals surface area contributed by atoms with E-state index in [4.69, 9.17) is 0 Å². The molecular formula is C22H32N4O3S. The Labute approximate surface area is 180 Å². The summed E-state index contributed by atoms with van der Waals surface area (Å²) in [5.74, 6) is 0.860. The van der Waals surface area contributed by atoms with E-state index in [1.807, 2.05) is 6.07 Å². The maximum Gasteiger partial charge on any atom is 0.244 e. The first kappa shape index (κ1) is 22.7. The van der Waals surface area contributed by atoms with Crippen LogP contribution in [0.3, 0.4) is 0 Å². The fourth-order valence-corrected chi connectivity index (χ4v) is 6.04. The SMILES string of the molecule is CCCC1CCCN(CC(=O)N2CCN(S(=O)(=O)c3ccccc3C#N)CC2)CC1. The van der Waals surface area contributed by atoms with E-state index in [1.54, 1.807) is 17.0 Å². The number of likely N-dealkylation sites (tertiary alicyclic amines) is 1. The third-order valence-corrected chi connectivity index (χ3v) is 8.17. The van der Waals surface area contributed by atoms with Gasteiger partial charge in [0.25, 0.3) is 0 Å². The summed E-state index contributed by atoms with van der Waals surface area (Å²) in [6.07, 6.45) is 6.04. The maximum atomic E-state index is 12.9. The first-order valence-corrected chi connectivity index (χ1v) is 12.4. The molecule has 2 saturated heterocycles. The second-order valence-corrected chi connectivity index (χ2v) is 10.2. The van der Waals surface area contributed by atoms with Crippen LogP contribution in [0.4, 0.5) is 0 Å². The third kappa shape index (κ3) is 5.39. The molecule has 2 aliphatic rings. The molecule has 0 aliphatic carbocycles. The number of hydrogen-bond acceptors (Lipinski definition) is 5. The first-order chi connectivity index (χ1) is 14.5. The van der Waals surface area contributed by atoms with E-state index in [2.05, 4.69) is 11.8 Å². The molecule has 2 fully saturated rings. The number of amides is 1. The number of nitriles is 1. The van der Waals surface area contributed by atoms with Gasteiger partial charge in [-0.2, -0.15) is 9.57 Å². The van der Waals surface area contributed by atoms with Crippen molar-refractivity contribution < 1.29 is 13.2 Å². The molecule has 0 N–H and O–H groups in total. The Bertz CT molecular complexity index is 873. The van der Waals surface area contributed by atoms with Gasteiger partial charge in [-0.05, 0) is 50.4 Å². The summed E-state index contributed by atoms with van der Waals surface area (Å²) in [5.41, 5.74) is 0.151. The van der Waals surface area contributed by atoms with Gasteiger partial charge in [0.1, 0.15) is 6.07 Å². The van der Waals surface area contributed by atoms with Gasteiger partial charge in [-0.1, -0.05) is 31.9 Å². The smallest absolute Gasteiger partial charge is 0.244 e. The molecule has 3 rings (SSSR count). The molecule has 8 heteroatoms. The van der Waals surface area contributed by atoms with Gasteiger partial charge in [0, 0.05) is 26.2 Å². The highest BCUT2D eigenvalue weighted by atomic mass is 32.2. The molecule has 0 aromatic heterocycles. The second kappa shape index (κ2) is 10.4. The molecule has 0 bridgehead atoms. The second-order valence-electron chi connectivity index (χ2n) is 8.25. The predicted molar refractivity (Wildman–Crippen MR) is 115 cm³/mol. The zero-order valence-corrected chi connectivity index (χ0v) is 18.6. The Hall–Kier alpha value is -1.95. The Morgan fingerprint density at radius 1 is 1.10 bits per heavy atom. The van der Waals surface area contributed by atoms with Crippen molar-refractivity contribution in [2.24, 2.45) is 5.92 Å². The molecule has 30 heavy (non-hydrogen) atoms. The van der Waals surface area contributed by atoms with E-state index in [0.29, 0.717) is 19.6 Å². The molecule has 1 amide bonds. The molecule has 164 valence electrons. The lowest BCUT2D eigenvalue weighted by atomic mass is 9.96. The number of sulfonamides is 1. The van der Waals surface area contributed by atoms with E-state index in [-0.39, 0.29) is 29.5 Å². The highest BCUT2D eigenvalue weighted by Gasteiger charge is 2.32. The van der Waals surface area contributed by atoms with Crippen LogP contribution in [0.2, 0.25) is 0 Å². The summed E-state index contributed by atoms with van der Waals surface area (Å²) in [4.78, 5) is 16.9. The van der Waals surface area contributed by atoms with Crippen LogP contribution >= 0.6 is 0 Å². The monoisotopic (exact) mass is 432 g/mol. The number of rotatable bonds is 6. The summed E-state index contributed by atoms with van der Waals surface area (Å²) in [6, 6.07) is 8.21. The van der Waals surface area contributed by atoms with Crippen LogP contribution < -0.4 is 0 Å². The van der Waals surface area contributed by atoms with E-state index in [9.17, 15) is 18.5 Å². The molecule has 0 saturated carbocycles. The van der Waals surface area contributed by atoms with E-state index in [0.717, 1.165) is 31.8 Å². The predicted octanol–water partition coefficient (Wildman–Crippen LogP) is 2.29. The molecule has 1 aromatic carbocycles. The standard InChI is InChI=1S/C22H32N4O3S/c1-2-6-19-7-5-11-24(12-10-19)18-22(27)25-13-15-26(16-14-25)30(28,29)21-9-4-3-8-20(21)17-23/h3-4,8-9,19H,2,5-7,10-16,18H2,1H3. The Kier molecular flexibility index (Phi) is 7.87. The molecule has 0 radical (unpaired) electrons. The number of carbonyl (C=O) groups is 1. The molecule has 2 heterocycles.